The number of nitrogens with zero attached hydrogens (tertiary/aromatic N) is 2. The summed E-state index contributed by atoms with van der Waals surface area (Å²) in [5.74, 6) is 0.438. The summed E-state index contributed by atoms with van der Waals surface area (Å²) in [5.41, 5.74) is 1.38. The summed E-state index contributed by atoms with van der Waals surface area (Å²) in [4.78, 5) is 31.3. The van der Waals surface area contributed by atoms with Gasteiger partial charge in [-0.1, -0.05) is 18.2 Å². The van der Waals surface area contributed by atoms with Crippen molar-refractivity contribution in [2.24, 2.45) is 11.3 Å². The van der Waals surface area contributed by atoms with E-state index in [0.717, 1.165) is 24.9 Å². The monoisotopic (exact) mass is 365 g/mol. The summed E-state index contributed by atoms with van der Waals surface area (Å²) in [5, 5.41) is 3.01. The SMILES string of the molecule is COc1ncccc1C(=O)N1CCC2(CC1)C[C@H]2C(=O)Nc1ccccc1. The summed E-state index contributed by atoms with van der Waals surface area (Å²) in [6.07, 6.45) is 4.23. The molecule has 0 radical (unpaired) electrons. The van der Waals surface area contributed by atoms with Gasteiger partial charge in [0, 0.05) is 30.9 Å². The molecule has 4 rings (SSSR count). The van der Waals surface area contributed by atoms with E-state index in [9.17, 15) is 9.59 Å². The van der Waals surface area contributed by atoms with Crippen LogP contribution in [0.4, 0.5) is 5.69 Å². The van der Waals surface area contributed by atoms with E-state index in [0.29, 0.717) is 24.5 Å². The topological polar surface area (TPSA) is 71.5 Å². The minimum atomic E-state index is -0.0549. The van der Waals surface area contributed by atoms with Crippen LogP contribution in [0.2, 0.25) is 0 Å². The average molecular weight is 365 g/mol. The van der Waals surface area contributed by atoms with Gasteiger partial charge in [-0.3, -0.25) is 9.59 Å². The van der Waals surface area contributed by atoms with Crippen molar-refractivity contribution in [1.82, 2.24) is 9.88 Å². The van der Waals surface area contributed by atoms with Crippen LogP contribution in [0.25, 0.3) is 0 Å². The van der Waals surface area contributed by atoms with Crippen molar-refractivity contribution in [2.45, 2.75) is 19.3 Å². The van der Waals surface area contributed by atoms with Crippen LogP contribution in [-0.2, 0) is 4.79 Å². The molecule has 27 heavy (non-hydrogen) atoms. The molecule has 1 N–H and O–H groups in total. The number of piperidine rings is 1. The maximum atomic E-state index is 12.8. The predicted octanol–water partition coefficient (Wildman–Crippen LogP) is 2.97. The number of hydrogen-bond donors (Lipinski definition) is 1. The lowest BCUT2D eigenvalue weighted by molar-refractivity contribution is -0.118. The number of likely N-dealkylation sites (tertiary alicyclic amines) is 1. The fourth-order valence-corrected chi connectivity index (χ4v) is 4.06. The summed E-state index contributed by atoms with van der Waals surface area (Å²) < 4.78 is 5.20. The first-order chi connectivity index (χ1) is 13.1. The molecule has 1 atom stereocenters. The maximum Gasteiger partial charge on any atom is 0.259 e. The van der Waals surface area contributed by atoms with Crippen molar-refractivity contribution < 1.29 is 14.3 Å². The van der Waals surface area contributed by atoms with E-state index in [1.165, 1.54) is 7.11 Å². The lowest BCUT2D eigenvalue weighted by atomic mass is 9.90. The normalized spacial score (nSPS) is 20.2. The molecule has 1 aromatic heterocycles. The van der Waals surface area contributed by atoms with Crippen LogP contribution >= 0.6 is 0 Å². The van der Waals surface area contributed by atoms with Crippen LogP contribution in [0.3, 0.4) is 0 Å². The predicted molar refractivity (Wildman–Crippen MR) is 102 cm³/mol. The second kappa shape index (κ2) is 7.02. The van der Waals surface area contributed by atoms with Gasteiger partial charge in [-0.25, -0.2) is 4.98 Å². The van der Waals surface area contributed by atoms with E-state index in [-0.39, 0.29) is 23.1 Å². The van der Waals surface area contributed by atoms with E-state index >= 15 is 0 Å². The first-order valence-corrected chi connectivity index (χ1v) is 9.27. The van der Waals surface area contributed by atoms with Crippen LogP contribution in [0.5, 0.6) is 5.88 Å². The number of methoxy groups -OCH3 is 1. The average Bonchev–Trinajstić information content (AvgIpc) is 3.42. The molecule has 0 bridgehead atoms. The Morgan fingerprint density at radius 1 is 1.15 bits per heavy atom. The fraction of sp³-hybridized carbons (Fsp3) is 0.381. The lowest BCUT2D eigenvalue weighted by Gasteiger charge is -2.33. The van der Waals surface area contributed by atoms with Crippen LogP contribution in [-0.4, -0.2) is 41.9 Å². The van der Waals surface area contributed by atoms with Gasteiger partial charge in [-0.2, -0.15) is 0 Å². The summed E-state index contributed by atoms with van der Waals surface area (Å²) in [6.45, 7) is 1.32. The molecule has 2 aromatic rings. The van der Waals surface area contributed by atoms with Crippen molar-refractivity contribution >= 4 is 17.5 Å². The molecule has 1 aliphatic carbocycles. The highest BCUT2D eigenvalue weighted by atomic mass is 16.5. The molecule has 2 heterocycles. The molecule has 2 fully saturated rings. The van der Waals surface area contributed by atoms with Crippen LogP contribution in [0.15, 0.2) is 48.7 Å². The Kier molecular flexibility index (Phi) is 4.56. The standard InChI is InChI=1S/C21H23N3O3/c1-27-19-16(8-5-11-22-19)20(26)24-12-9-21(10-13-24)14-17(21)18(25)23-15-6-3-2-4-7-15/h2-8,11,17H,9-10,12-14H2,1H3,(H,23,25)/t17-/m0/s1. The summed E-state index contributed by atoms with van der Waals surface area (Å²) >= 11 is 0. The Labute approximate surface area is 158 Å². The smallest absolute Gasteiger partial charge is 0.259 e. The second-order valence-corrected chi connectivity index (χ2v) is 7.33. The first-order valence-electron chi connectivity index (χ1n) is 9.27. The van der Waals surface area contributed by atoms with Gasteiger partial charge in [0.15, 0.2) is 0 Å². The van der Waals surface area contributed by atoms with Crippen molar-refractivity contribution in [3.8, 4) is 5.88 Å². The quantitative estimate of drug-likeness (QED) is 0.904. The van der Waals surface area contributed by atoms with E-state index < -0.39 is 0 Å². The van der Waals surface area contributed by atoms with Crippen LogP contribution < -0.4 is 10.1 Å². The zero-order valence-corrected chi connectivity index (χ0v) is 15.4. The molecular formula is C21H23N3O3. The highest BCUT2D eigenvalue weighted by Crippen LogP contribution is 2.59. The fourth-order valence-electron chi connectivity index (χ4n) is 4.06. The molecule has 2 aliphatic rings. The van der Waals surface area contributed by atoms with Crippen molar-refractivity contribution in [2.75, 3.05) is 25.5 Å². The first kappa shape index (κ1) is 17.5. The lowest BCUT2D eigenvalue weighted by Crippen LogP contribution is -2.40. The number of ether oxygens (including phenoxy) is 1. The van der Waals surface area contributed by atoms with Crippen molar-refractivity contribution in [3.05, 3.63) is 54.2 Å². The number of anilines is 1. The third-order valence-corrected chi connectivity index (χ3v) is 5.79. The molecule has 1 saturated heterocycles. The van der Waals surface area contributed by atoms with Crippen LogP contribution in [0.1, 0.15) is 29.6 Å². The minimum Gasteiger partial charge on any atom is -0.480 e. The highest BCUT2D eigenvalue weighted by molar-refractivity contribution is 5.97. The van der Waals surface area contributed by atoms with Gasteiger partial charge in [0.25, 0.3) is 5.91 Å². The number of nitrogens with one attached hydrogen (secondary N) is 1. The Morgan fingerprint density at radius 2 is 1.89 bits per heavy atom. The molecular weight excluding hydrogens is 342 g/mol. The largest absolute Gasteiger partial charge is 0.480 e. The zero-order chi connectivity index (χ0) is 18.9. The number of amides is 2. The Balaban J connectivity index is 1.36. The number of benzene rings is 1. The van der Waals surface area contributed by atoms with Crippen molar-refractivity contribution in [3.63, 3.8) is 0 Å². The molecule has 1 spiro atoms. The Hall–Kier alpha value is -2.89. The number of pyridine rings is 1. The molecule has 2 amide bonds. The van der Waals surface area contributed by atoms with Gasteiger partial charge in [0.1, 0.15) is 5.56 Å². The number of carbonyl (C=O) groups excluding carboxylic acids is 2. The van der Waals surface area contributed by atoms with Gasteiger partial charge >= 0.3 is 0 Å². The molecule has 1 saturated carbocycles. The third kappa shape index (κ3) is 3.39. The number of rotatable bonds is 4. The van der Waals surface area contributed by atoms with Gasteiger partial charge in [-0.05, 0) is 48.9 Å². The van der Waals surface area contributed by atoms with E-state index in [1.54, 1.807) is 18.3 Å². The molecule has 1 aromatic carbocycles. The summed E-state index contributed by atoms with van der Waals surface area (Å²) in [6, 6.07) is 13.0. The number of carbonyl (C=O) groups is 2. The van der Waals surface area contributed by atoms with Gasteiger partial charge in [0.05, 0.1) is 7.11 Å². The van der Waals surface area contributed by atoms with E-state index in [4.69, 9.17) is 4.74 Å². The molecule has 1 aliphatic heterocycles. The Morgan fingerprint density at radius 3 is 2.59 bits per heavy atom. The minimum absolute atomic E-state index is 0.0443. The number of aromatic nitrogens is 1. The summed E-state index contributed by atoms with van der Waals surface area (Å²) in [7, 11) is 1.52. The molecule has 6 nitrogen and oxygen atoms in total. The van der Waals surface area contributed by atoms with Crippen molar-refractivity contribution in [1.29, 1.82) is 0 Å². The number of hydrogen-bond acceptors (Lipinski definition) is 4. The highest BCUT2D eigenvalue weighted by Gasteiger charge is 2.58. The van der Waals surface area contributed by atoms with E-state index in [2.05, 4.69) is 10.3 Å². The Bertz CT molecular complexity index is 845. The third-order valence-electron chi connectivity index (χ3n) is 5.79. The van der Waals surface area contributed by atoms with Crippen LogP contribution in [0, 0.1) is 11.3 Å². The maximum absolute atomic E-state index is 12.8. The zero-order valence-electron chi connectivity index (χ0n) is 15.4. The van der Waals surface area contributed by atoms with Gasteiger partial charge < -0.3 is 15.0 Å². The molecule has 0 unspecified atom stereocenters. The van der Waals surface area contributed by atoms with Gasteiger partial charge in [-0.15, -0.1) is 0 Å². The number of para-hydroxylation sites is 1. The molecule has 6 heteroatoms. The second-order valence-electron chi connectivity index (χ2n) is 7.33. The molecule has 140 valence electrons. The van der Waals surface area contributed by atoms with Gasteiger partial charge in [0.2, 0.25) is 11.8 Å². The van der Waals surface area contributed by atoms with E-state index in [1.807, 2.05) is 35.2 Å².